The fourth-order valence-electron chi connectivity index (χ4n) is 3.19. The van der Waals surface area contributed by atoms with Crippen molar-refractivity contribution >= 4 is 43.5 Å². The van der Waals surface area contributed by atoms with Gasteiger partial charge in [0.1, 0.15) is 0 Å². The Labute approximate surface area is 202 Å². The average Bonchev–Trinajstić information content (AvgIpc) is 2.75. The molecule has 0 aliphatic heterocycles. The number of carbonyl (C=O) groups is 1. The van der Waals surface area contributed by atoms with E-state index in [1.165, 1.54) is 28.6 Å². The highest BCUT2D eigenvalue weighted by Gasteiger charge is 2.27. The van der Waals surface area contributed by atoms with Crippen LogP contribution in [0.3, 0.4) is 0 Å². The third-order valence-corrected chi connectivity index (χ3v) is 7.53. The van der Waals surface area contributed by atoms with Gasteiger partial charge in [-0.25, -0.2) is 8.42 Å². The van der Waals surface area contributed by atoms with E-state index in [0.29, 0.717) is 5.02 Å². The molecule has 5 nitrogen and oxygen atoms in total. The van der Waals surface area contributed by atoms with E-state index in [-0.39, 0.29) is 29.9 Å². The van der Waals surface area contributed by atoms with Crippen molar-refractivity contribution in [2.45, 2.75) is 31.3 Å². The molecule has 0 saturated heterocycles. The van der Waals surface area contributed by atoms with Gasteiger partial charge in [0.2, 0.25) is 15.9 Å². The van der Waals surface area contributed by atoms with Gasteiger partial charge in [-0.15, -0.1) is 0 Å². The van der Waals surface area contributed by atoms with E-state index < -0.39 is 10.0 Å². The summed E-state index contributed by atoms with van der Waals surface area (Å²) in [4.78, 5) is 12.9. The number of rotatable bonds is 8. The molecule has 0 bridgehead atoms. The Kier molecular flexibility index (Phi) is 8.11. The molecule has 0 heterocycles. The topological polar surface area (TPSA) is 66.5 Å². The van der Waals surface area contributed by atoms with Gasteiger partial charge in [0.15, 0.2) is 0 Å². The highest BCUT2D eigenvalue weighted by Crippen LogP contribution is 2.22. The first-order chi connectivity index (χ1) is 15.1. The number of aryl methyl sites for hydroxylation is 1. The molecule has 0 saturated carbocycles. The molecule has 8 heteroatoms. The number of nitrogens with zero attached hydrogens (tertiary/aromatic N) is 1. The van der Waals surface area contributed by atoms with Gasteiger partial charge in [-0.1, -0.05) is 69.5 Å². The van der Waals surface area contributed by atoms with Gasteiger partial charge in [-0.3, -0.25) is 4.79 Å². The molecule has 1 atom stereocenters. The molecular formula is C24H24BrClN2O3S. The van der Waals surface area contributed by atoms with Crippen LogP contribution in [0, 0.1) is 6.92 Å². The van der Waals surface area contributed by atoms with Crippen molar-refractivity contribution in [3.8, 4) is 0 Å². The van der Waals surface area contributed by atoms with Gasteiger partial charge in [0.25, 0.3) is 0 Å². The molecule has 3 rings (SSSR count). The fourth-order valence-corrected chi connectivity index (χ4v) is 5.11. The predicted octanol–water partition coefficient (Wildman–Crippen LogP) is 5.48. The molecule has 32 heavy (non-hydrogen) atoms. The van der Waals surface area contributed by atoms with Crippen LogP contribution in [0.2, 0.25) is 5.02 Å². The summed E-state index contributed by atoms with van der Waals surface area (Å²) in [5.41, 5.74) is 2.78. The SMILES string of the molecule is Cc1ccc(CN(CC(=O)N[C@@H](C)c2cccc(Br)c2)S(=O)(=O)c2ccc(Cl)cc2)cc1. The monoisotopic (exact) mass is 534 g/mol. The van der Waals surface area contributed by atoms with Crippen LogP contribution in [-0.2, 0) is 21.4 Å². The van der Waals surface area contributed by atoms with Crippen LogP contribution in [0.25, 0.3) is 0 Å². The molecular weight excluding hydrogens is 512 g/mol. The van der Waals surface area contributed by atoms with Crippen molar-refractivity contribution in [3.05, 3.63) is 99.0 Å². The number of nitrogens with one attached hydrogen (secondary N) is 1. The summed E-state index contributed by atoms with van der Waals surface area (Å²) >= 11 is 9.35. The highest BCUT2D eigenvalue weighted by atomic mass is 79.9. The maximum atomic E-state index is 13.3. The second-order valence-electron chi connectivity index (χ2n) is 7.56. The Morgan fingerprint density at radius 1 is 1.06 bits per heavy atom. The first-order valence-corrected chi connectivity index (χ1v) is 12.6. The minimum atomic E-state index is -3.92. The maximum Gasteiger partial charge on any atom is 0.243 e. The molecule has 1 N–H and O–H groups in total. The Bertz CT molecular complexity index is 1180. The largest absolute Gasteiger partial charge is 0.348 e. The molecule has 0 fully saturated rings. The quantitative estimate of drug-likeness (QED) is 0.415. The maximum absolute atomic E-state index is 13.3. The van der Waals surface area contributed by atoms with Crippen LogP contribution < -0.4 is 5.32 Å². The molecule has 0 spiro atoms. The first kappa shape index (κ1) is 24.5. The molecule has 0 aliphatic carbocycles. The van der Waals surface area contributed by atoms with Gasteiger partial charge in [-0.2, -0.15) is 4.31 Å². The van der Waals surface area contributed by atoms with E-state index in [0.717, 1.165) is 21.2 Å². The van der Waals surface area contributed by atoms with E-state index in [2.05, 4.69) is 21.2 Å². The number of hydrogen-bond acceptors (Lipinski definition) is 3. The van der Waals surface area contributed by atoms with Crippen LogP contribution in [0.4, 0.5) is 0 Å². The molecule has 0 unspecified atom stereocenters. The smallest absolute Gasteiger partial charge is 0.243 e. The van der Waals surface area contributed by atoms with E-state index >= 15 is 0 Å². The molecule has 1 amide bonds. The number of hydrogen-bond donors (Lipinski definition) is 1. The van der Waals surface area contributed by atoms with Crippen molar-refractivity contribution in [1.82, 2.24) is 9.62 Å². The van der Waals surface area contributed by atoms with Gasteiger partial charge in [-0.05, 0) is 61.4 Å². The summed E-state index contributed by atoms with van der Waals surface area (Å²) in [5, 5.41) is 3.33. The second kappa shape index (κ2) is 10.6. The van der Waals surface area contributed by atoms with Gasteiger partial charge in [0.05, 0.1) is 17.5 Å². The van der Waals surface area contributed by atoms with Crippen molar-refractivity contribution in [1.29, 1.82) is 0 Å². The normalized spacial score (nSPS) is 12.5. The van der Waals surface area contributed by atoms with Crippen molar-refractivity contribution in [3.63, 3.8) is 0 Å². The van der Waals surface area contributed by atoms with Crippen LogP contribution >= 0.6 is 27.5 Å². The minimum absolute atomic E-state index is 0.0733. The van der Waals surface area contributed by atoms with Gasteiger partial charge < -0.3 is 5.32 Å². The minimum Gasteiger partial charge on any atom is -0.348 e. The Morgan fingerprint density at radius 2 is 1.72 bits per heavy atom. The summed E-state index contributed by atoms with van der Waals surface area (Å²) in [5.74, 6) is -0.387. The molecule has 0 aliphatic rings. The predicted molar refractivity (Wildman–Crippen MR) is 131 cm³/mol. The number of benzene rings is 3. The van der Waals surface area contributed by atoms with E-state index in [1.807, 2.05) is 62.4 Å². The second-order valence-corrected chi connectivity index (χ2v) is 10.8. The Balaban J connectivity index is 1.83. The molecule has 3 aromatic carbocycles. The zero-order valence-corrected chi connectivity index (χ0v) is 20.9. The number of amides is 1. The van der Waals surface area contributed by atoms with Gasteiger partial charge in [0, 0.05) is 16.0 Å². The standard InChI is InChI=1S/C24H24BrClN2O3S/c1-17-6-8-19(9-7-17)15-28(32(30,31)23-12-10-22(26)11-13-23)16-24(29)27-18(2)20-4-3-5-21(25)14-20/h3-14,18H,15-16H2,1-2H3,(H,27,29)/t18-/m0/s1. The Morgan fingerprint density at radius 3 is 2.34 bits per heavy atom. The molecule has 0 aromatic heterocycles. The number of sulfonamides is 1. The summed E-state index contributed by atoms with van der Waals surface area (Å²) in [6, 6.07) is 20.8. The zero-order valence-electron chi connectivity index (χ0n) is 17.8. The van der Waals surface area contributed by atoms with Crippen LogP contribution in [-0.4, -0.2) is 25.2 Å². The van der Waals surface area contributed by atoms with E-state index in [1.54, 1.807) is 0 Å². The molecule has 3 aromatic rings. The van der Waals surface area contributed by atoms with Crippen LogP contribution in [0.1, 0.15) is 29.7 Å². The average molecular weight is 536 g/mol. The van der Waals surface area contributed by atoms with Crippen molar-refractivity contribution in [2.75, 3.05) is 6.54 Å². The number of carbonyl (C=O) groups excluding carboxylic acids is 1. The third-order valence-electron chi connectivity index (χ3n) is 4.98. The lowest BCUT2D eigenvalue weighted by Crippen LogP contribution is -2.41. The highest BCUT2D eigenvalue weighted by molar-refractivity contribution is 9.10. The lowest BCUT2D eigenvalue weighted by Gasteiger charge is -2.23. The summed E-state index contributed by atoms with van der Waals surface area (Å²) in [7, 11) is -3.92. The third kappa shape index (κ3) is 6.42. The molecule has 0 radical (unpaired) electrons. The van der Waals surface area contributed by atoms with Crippen LogP contribution in [0.5, 0.6) is 0 Å². The van der Waals surface area contributed by atoms with Crippen LogP contribution in [0.15, 0.2) is 82.2 Å². The van der Waals surface area contributed by atoms with Crippen molar-refractivity contribution < 1.29 is 13.2 Å². The zero-order chi connectivity index (χ0) is 23.3. The Hall–Kier alpha value is -2.19. The van der Waals surface area contributed by atoms with Gasteiger partial charge >= 0.3 is 0 Å². The first-order valence-electron chi connectivity index (χ1n) is 10.0. The lowest BCUT2D eigenvalue weighted by atomic mass is 10.1. The summed E-state index contributed by atoms with van der Waals surface area (Å²) < 4.78 is 28.8. The van der Waals surface area contributed by atoms with Crippen molar-refractivity contribution in [2.24, 2.45) is 0 Å². The summed E-state index contributed by atoms with van der Waals surface area (Å²) in [6.07, 6.45) is 0. The lowest BCUT2D eigenvalue weighted by molar-refractivity contribution is -0.122. The van der Waals surface area contributed by atoms with E-state index in [4.69, 9.17) is 11.6 Å². The summed E-state index contributed by atoms with van der Waals surface area (Å²) in [6.45, 7) is 3.58. The fraction of sp³-hybridized carbons (Fsp3) is 0.208. The van der Waals surface area contributed by atoms with E-state index in [9.17, 15) is 13.2 Å². The number of halogens is 2. The molecule has 168 valence electrons.